The Labute approximate surface area is 129 Å². The second-order valence-electron chi connectivity index (χ2n) is 5.91. The van der Waals surface area contributed by atoms with E-state index in [0.29, 0.717) is 11.4 Å². The minimum atomic E-state index is -0.552. The van der Waals surface area contributed by atoms with E-state index in [9.17, 15) is 4.79 Å². The first-order valence-corrected chi connectivity index (χ1v) is 6.97. The van der Waals surface area contributed by atoms with E-state index >= 15 is 0 Å². The summed E-state index contributed by atoms with van der Waals surface area (Å²) in [7, 11) is 0. The first-order chi connectivity index (χ1) is 10.4. The molecule has 0 amide bonds. The van der Waals surface area contributed by atoms with Crippen molar-refractivity contribution in [2.75, 3.05) is 0 Å². The molecule has 2 heterocycles. The highest BCUT2D eigenvalue weighted by Gasteiger charge is 2.23. The van der Waals surface area contributed by atoms with Gasteiger partial charge in [-0.05, 0) is 39.8 Å². The van der Waals surface area contributed by atoms with Gasteiger partial charge in [0.15, 0.2) is 6.73 Å². The van der Waals surface area contributed by atoms with Crippen LogP contribution in [0.3, 0.4) is 0 Å². The summed E-state index contributed by atoms with van der Waals surface area (Å²) in [6, 6.07) is 3.65. The van der Waals surface area contributed by atoms with E-state index in [1.165, 1.54) is 4.68 Å². The van der Waals surface area contributed by atoms with Gasteiger partial charge in [0.25, 0.3) is 0 Å². The van der Waals surface area contributed by atoms with Gasteiger partial charge in [-0.15, -0.1) is 5.10 Å². The SMILES string of the molecule is Cc1ncccc1OCc1cnnn1COC(=O)C(C)(C)C. The topological polar surface area (TPSA) is 79.1 Å². The largest absolute Gasteiger partial charge is 0.485 e. The van der Waals surface area contributed by atoms with Crippen molar-refractivity contribution in [3.8, 4) is 5.75 Å². The van der Waals surface area contributed by atoms with Crippen molar-refractivity contribution in [3.05, 3.63) is 35.9 Å². The molecule has 0 spiro atoms. The summed E-state index contributed by atoms with van der Waals surface area (Å²) in [5, 5.41) is 7.72. The maximum absolute atomic E-state index is 11.8. The van der Waals surface area contributed by atoms with Gasteiger partial charge in [-0.3, -0.25) is 9.78 Å². The molecule has 0 atom stereocenters. The highest BCUT2D eigenvalue weighted by molar-refractivity contribution is 5.75. The molecule has 0 bridgehead atoms. The second kappa shape index (κ2) is 6.55. The van der Waals surface area contributed by atoms with Gasteiger partial charge < -0.3 is 9.47 Å². The van der Waals surface area contributed by atoms with Crippen molar-refractivity contribution in [3.63, 3.8) is 0 Å². The number of carbonyl (C=O) groups is 1. The predicted molar refractivity (Wildman–Crippen MR) is 78.9 cm³/mol. The van der Waals surface area contributed by atoms with Gasteiger partial charge in [0.2, 0.25) is 0 Å². The Bertz CT molecular complexity index is 646. The van der Waals surface area contributed by atoms with E-state index in [-0.39, 0.29) is 19.3 Å². The molecule has 0 aliphatic heterocycles. The summed E-state index contributed by atoms with van der Waals surface area (Å²) in [5.74, 6) is 0.403. The molecule has 0 radical (unpaired) electrons. The molecule has 118 valence electrons. The molecule has 0 aliphatic rings. The lowest BCUT2D eigenvalue weighted by molar-refractivity contribution is -0.157. The van der Waals surface area contributed by atoms with Crippen LogP contribution in [-0.4, -0.2) is 25.9 Å². The monoisotopic (exact) mass is 304 g/mol. The minimum absolute atomic E-state index is 0.0147. The van der Waals surface area contributed by atoms with Crippen LogP contribution in [0.4, 0.5) is 0 Å². The van der Waals surface area contributed by atoms with E-state index in [4.69, 9.17) is 9.47 Å². The number of pyridine rings is 1. The molecule has 2 aromatic rings. The second-order valence-corrected chi connectivity index (χ2v) is 5.91. The number of aryl methyl sites for hydroxylation is 1. The van der Waals surface area contributed by atoms with Gasteiger partial charge in [-0.2, -0.15) is 0 Å². The molecule has 0 aliphatic carbocycles. The lowest BCUT2D eigenvalue weighted by Gasteiger charge is -2.17. The molecular formula is C15H20N4O3. The Balaban J connectivity index is 1.95. The van der Waals surface area contributed by atoms with Crippen LogP contribution in [-0.2, 0) is 22.9 Å². The molecule has 0 aromatic carbocycles. The Kier molecular flexibility index (Phi) is 4.75. The molecule has 7 heteroatoms. The predicted octanol–water partition coefficient (Wildman–Crippen LogP) is 2.11. The van der Waals surface area contributed by atoms with Gasteiger partial charge in [-0.25, -0.2) is 4.68 Å². The average molecular weight is 304 g/mol. The van der Waals surface area contributed by atoms with E-state index in [2.05, 4.69) is 15.3 Å². The zero-order valence-electron chi connectivity index (χ0n) is 13.2. The molecule has 0 unspecified atom stereocenters. The Hall–Kier alpha value is -2.44. The van der Waals surface area contributed by atoms with Gasteiger partial charge in [0.05, 0.1) is 23.0 Å². The van der Waals surface area contributed by atoms with Crippen molar-refractivity contribution in [1.29, 1.82) is 0 Å². The van der Waals surface area contributed by atoms with E-state index in [1.54, 1.807) is 33.2 Å². The molecule has 0 N–H and O–H groups in total. The van der Waals surface area contributed by atoms with Gasteiger partial charge >= 0.3 is 5.97 Å². The van der Waals surface area contributed by atoms with Crippen LogP contribution in [0.15, 0.2) is 24.5 Å². The van der Waals surface area contributed by atoms with Gasteiger partial charge in [0.1, 0.15) is 12.4 Å². The molecular weight excluding hydrogens is 284 g/mol. The minimum Gasteiger partial charge on any atom is -0.485 e. The zero-order valence-corrected chi connectivity index (χ0v) is 13.2. The number of ether oxygens (including phenoxy) is 2. The van der Waals surface area contributed by atoms with Gasteiger partial charge in [-0.1, -0.05) is 5.21 Å². The van der Waals surface area contributed by atoms with Crippen LogP contribution in [0.2, 0.25) is 0 Å². The highest BCUT2D eigenvalue weighted by atomic mass is 16.5. The van der Waals surface area contributed by atoms with Crippen LogP contribution in [0.1, 0.15) is 32.2 Å². The van der Waals surface area contributed by atoms with Crippen LogP contribution < -0.4 is 4.74 Å². The molecule has 7 nitrogen and oxygen atoms in total. The summed E-state index contributed by atoms with van der Waals surface area (Å²) < 4.78 is 12.4. The number of aromatic nitrogens is 4. The molecule has 2 aromatic heterocycles. The molecule has 0 saturated heterocycles. The maximum Gasteiger partial charge on any atom is 0.313 e. The first kappa shape index (κ1) is 15.9. The third kappa shape index (κ3) is 4.03. The van der Waals surface area contributed by atoms with Crippen molar-refractivity contribution < 1.29 is 14.3 Å². The van der Waals surface area contributed by atoms with E-state index < -0.39 is 5.41 Å². The summed E-state index contributed by atoms with van der Waals surface area (Å²) in [6.07, 6.45) is 3.29. The van der Waals surface area contributed by atoms with Crippen molar-refractivity contribution in [2.24, 2.45) is 5.41 Å². The van der Waals surface area contributed by atoms with E-state index in [0.717, 1.165) is 5.69 Å². The number of nitrogens with zero attached hydrogens (tertiary/aromatic N) is 4. The average Bonchev–Trinajstić information content (AvgIpc) is 2.90. The summed E-state index contributed by atoms with van der Waals surface area (Å²) >= 11 is 0. The summed E-state index contributed by atoms with van der Waals surface area (Å²) in [5.41, 5.74) is 0.968. The van der Waals surface area contributed by atoms with Crippen LogP contribution >= 0.6 is 0 Å². The zero-order chi connectivity index (χ0) is 16.2. The number of esters is 1. The fourth-order valence-corrected chi connectivity index (χ4v) is 1.61. The van der Waals surface area contributed by atoms with Crippen LogP contribution in [0, 0.1) is 12.3 Å². The first-order valence-electron chi connectivity index (χ1n) is 6.97. The highest BCUT2D eigenvalue weighted by Crippen LogP contribution is 2.17. The molecule has 0 saturated carbocycles. The lowest BCUT2D eigenvalue weighted by atomic mass is 9.98. The number of carbonyl (C=O) groups excluding carboxylic acids is 1. The van der Waals surface area contributed by atoms with Crippen molar-refractivity contribution in [2.45, 2.75) is 41.0 Å². The smallest absolute Gasteiger partial charge is 0.313 e. The number of rotatable bonds is 5. The maximum atomic E-state index is 11.8. The van der Waals surface area contributed by atoms with Crippen molar-refractivity contribution >= 4 is 5.97 Å². The quantitative estimate of drug-likeness (QED) is 0.787. The van der Waals surface area contributed by atoms with Gasteiger partial charge in [0, 0.05) is 6.20 Å². The van der Waals surface area contributed by atoms with Crippen molar-refractivity contribution in [1.82, 2.24) is 20.0 Å². The molecule has 22 heavy (non-hydrogen) atoms. The summed E-state index contributed by atoms with van der Waals surface area (Å²) in [4.78, 5) is 15.9. The fraction of sp³-hybridized carbons (Fsp3) is 0.467. The Morgan fingerprint density at radius 3 is 2.82 bits per heavy atom. The van der Waals surface area contributed by atoms with Crippen LogP contribution in [0.5, 0.6) is 5.75 Å². The Morgan fingerprint density at radius 1 is 1.36 bits per heavy atom. The normalized spacial score (nSPS) is 11.3. The standard InChI is InChI=1S/C15H20N4O3/c1-11-13(6-5-7-16-11)21-9-12-8-17-18-19(12)10-22-14(20)15(2,3)4/h5-8H,9-10H2,1-4H3. The Morgan fingerprint density at radius 2 is 2.14 bits per heavy atom. The van der Waals surface area contributed by atoms with E-state index in [1.807, 2.05) is 19.1 Å². The molecule has 0 fully saturated rings. The third-order valence-electron chi connectivity index (χ3n) is 2.96. The van der Waals surface area contributed by atoms with Crippen LogP contribution in [0.25, 0.3) is 0 Å². The number of hydrogen-bond acceptors (Lipinski definition) is 6. The molecule has 2 rings (SSSR count). The fourth-order valence-electron chi connectivity index (χ4n) is 1.61. The lowest BCUT2D eigenvalue weighted by Crippen LogP contribution is -2.25. The summed E-state index contributed by atoms with van der Waals surface area (Å²) in [6.45, 7) is 7.55. The number of hydrogen-bond donors (Lipinski definition) is 0. The third-order valence-corrected chi connectivity index (χ3v) is 2.96.